The molecule has 0 bridgehead atoms. The molecule has 2 fully saturated rings. The minimum Gasteiger partial charge on any atom is -0.443 e. The third-order valence-electron chi connectivity index (χ3n) is 7.03. The Labute approximate surface area is 193 Å². The van der Waals surface area contributed by atoms with Crippen molar-refractivity contribution in [2.75, 3.05) is 19.8 Å². The first-order chi connectivity index (χ1) is 16.0. The molecule has 180 valence electrons. The lowest BCUT2D eigenvalue weighted by Crippen LogP contribution is -2.51. The van der Waals surface area contributed by atoms with Crippen molar-refractivity contribution >= 4 is 6.09 Å². The topological polar surface area (TPSA) is 67.5 Å². The molecule has 8 heteroatoms. The molecule has 1 aromatic carbocycles. The molecule has 1 N–H and O–H groups in total. The van der Waals surface area contributed by atoms with Crippen LogP contribution in [0.3, 0.4) is 0 Å². The second kappa shape index (κ2) is 11.1. The number of alkyl halides is 2. The minimum atomic E-state index is -2.68. The number of carbonyl (C=O) groups excluding carboxylic acids is 1. The Morgan fingerprint density at radius 2 is 1.94 bits per heavy atom. The third-order valence-corrected chi connectivity index (χ3v) is 7.03. The molecule has 6 nitrogen and oxygen atoms in total. The highest BCUT2D eigenvalue weighted by molar-refractivity contribution is 5.68. The monoisotopic (exact) mass is 461 g/mol. The molecule has 1 aliphatic heterocycles. The van der Waals surface area contributed by atoms with Crippen molar-refractivity contribution in [3.05, 3.63) is 53.3 Å². The third kappa shape index (κ3) is 5.91. The number of likely N-dealkylation sites (tertiary alicyclic amines) is 1. The van der Waals surface area contributed by atoms with E-state index in [1.165, 1.54) is 5.56 Å². The number of benzene rings is 1. The lowest BCUT2D eigenvalue weighted by Gasteiger charge is -2.41. The van der Waals surface area contributed by atoms with Crippen LogP contribution in [0.25, 0.3) is 0 Å². The number of piperidine rings is 1. The normalized spacial score (nSPS) is 25.9. The summed E-state index contributed by atoms with van der Waals surface area (Å²) in [6.07, 6.45) is 4.25. The summed E-state index contributed by atoms with van der Waals surface area (Å²) >= 11 is 0. The maximum Gasteiger partial charge on any atom is 0.410 e. The molecule has 2 aliphatic rings. The summed E-state index contributed by atoms with van der Waals surface area (Å²) in [7, 11) is 0. The van der Waals surface area contributed by atoms with Crippen molar-refractivity contribution in [1.29, 1.82) is 0 Å². The standard InChI is InChI=1S/C25H33F2N3O3/c1-17-14-28-29-24(17)21-8-5-13-30(25(31)33-16-23(26)27)22(21)15-32-20-11-9-19(10-12-20)18-6-3-2-4-7-18/h2-4,6-7,14,19-23H,5,8-13,15-16H2,1H3,(H,28,29). The quantitative estimate of drug-likeness (QED) is 0.599. The highest BCUT2D eigenvalue weighted by atomic mass is 19.3. The maximum absolute atomic E-state index is 12.7. The largest absolute Gasteiger partial charge is 0.443 e. The van der Waals surface area contributed by atoms with Crippen molar-refractivity contribution in [3.8, 4) is 0 Å². The Hall–Kier alpha value is -2.48. The number of carbonyl (C=O) groups is 1. The van der Waals surface area contributed by atoms with Crippen molar-refractivity contribution < 1.29 is 23.0 Å². The summed E-state index contributed by atoms with van der Waals surface area (Å²) in [5.41, 5.74) is 3.38. The van der Waals surface area contributed by atoms with Crippen LogP contribution in [0.4, 0.5) is 13.6 Å². The summed E-state index contributed by atoms with van der Waals surface area (Å²) in [5, 5.41) is 7.22. The van der Waals surface area contributed by atoms with Gasteiger partial charge < -0.3 is 14.4 Å². The van der Waals surface area contributed by atoms with Crippen LogP contribution in [0.5, 0.6) is 0 Å². The lowest BCUT2D eigenvalue weighted by molar-refractivity contribution is -0.0323. The second-order valence-electron chi connectivity index (χ2n) is 9.16. The van der Waals surface area contributed by atoms with Crippen LogP contribution in [0.15, 0.2) is 36.5 Å². The van der Waals surface area contributed by atoms with Gasteiger partial charge >= 0.3 is 6.09 Å². The molecule has 1 saturated heterocycles. The van der Waals surface area contributed by atoms with E-state index in [1.807, 2.05) is 13.0 Å². The Bertz CT molecular complexity index is 884. The Kier molecular flexibility index (Phi) is 7.96. The predicted octanol–water partition coefficient (Wildman–Crippen LogP) is 5.41. The van der Waals surface area contributed by atoms with Crippen molar-refractivity contribution in [2.45, 2.75) is 75.9 Å². The fourth-order valence-corrected chi connectivity index (χ4v) is 5.30. The summed E-state index contributed by atoms with van der Waals surface area (Å²) in [6, 6.07) is 10.3. The van der Waals surface area contributed by atoms with Crippen molar-refractivity contribution in [2.24, 2.45) is 0 Å². The molecule has 0 spiro atoms. The smallest absolute Gasteiger partial charge is 0.410 e. The highest BCUT2D eigenvalue weighted by Crippen LogP contribution is 2.37. The minimum absolute atomic E-state index is 0.000933. The van der Waals surface area contributed by atoms with E-state index in [1.54, 1.807) is 11.1 Å². The van der Waals surface area contributed by atoms with E-state index in [-0.39, 0.29) is 18.1 Å². The van der Waals surface area contributed by atoms with Gasteiger partial charge in [-0.1, -0.05) is 30.3 Å². The molecule has 1 aromatic heterocycles. The SMILES string of the molecule is Cc1cn[nH]c1C1CCCN(C(=O)OCC(F)F)C1COC1CCC(c2ccccc2)CC1. The van der Waals surface area contributed by atoms with Gasteiger partial charge in [0.1, 0.15) is 0 Å². The second-order valence-corrected chi connectivity index (χ2v) is 9.16. The van der Waals surface area contributed by atoms with Gasteiger partial charge in [-0.05, 0) is 62.5 Å². The summed E-state index contributed by atoms with van der Waals surface area (Å²) in [6.45, 7) is 1.92. The number of halogens is 2. The zero-order chi connectivity index (χ0) is 23.2. The van der Waals surface area contributed by atoms with Gasteiger partial charge in [-0.3, -0.25) is 5.10 Å². The molecule has 1 amide bonds. The molecular weight excluding hydrogens is 428 g/mol. The van der Waals surface area contributed by atoms with E-state index in [0.29, 0.717) is 19.1 Å². The summed E-state index contributed by atoms with van der Waals surface area (Å²) in [4.78, 5) is 14.2. The molecule has 4 rings (SSSR count). The van der Waals surface area contributed by atoms with E-state index in [4.69, 9.17) is 9.47 Å². The molecule has 0 radical (unpaired) electrons. The molecule has 1 aliphatic carbocycles. The van der Waals surface area contributed by atoms with E-state index >= 15 is 0 Å². The van der Waals surface area contributed by atoms with Gasteiger partial charge in [-0.15, -0.1) is 0 Å². The van der Waals surface area contributed by atoms with Crippen LogP contribution < -0.4 is 0 Å². The molecule has 2 heterocycles. The maximum atomic E-state index is 12.7. The van der Waals surface area contributed by atoms with Crippen LogP contribution in [-0.4, -0.2) is 59.5 Å². The van der Waals surface area contributed by atoms with Crippen LogP contribution in [0.2, 0.25) is 0 Å². The number of nitrogens with one attached hydrogen (secondary N) is 1. The fraction of sp³-hybridized carbons (Fsp3) is 0.600. The van der Waals surface area contributed by atoms with Gasteiger partial charge in [0, 0.05) is 18.2 Å². The van der Waals surface area contributed by atoms with Gasteiger partial charge in [-0.25, -0.2) is 13.6 Å². The Morgan fingerprint density at radius 1 is 1.18 bits per heavy atom. The van der Waals surface area contributed by atoms with Crippen LogP contribution in [0.1, 0.15) is 67.2 Å². The lowest BCUT2D eigenvalue weighted by atomic mass is 9.82. The zero-order valence-corrected chi connectivity index (χ0v) is 19.1. The summed E-state index contributed by atoms with van der Waals surface area (Å²) in [5.74, 6) is 0.558. The van der Waals surface area contributed by atoms with Crippen LogP contribution in [0, 0.1) is 6.92 Å². The average molecular weight is 462 g/mol. The first kappa shape index (κ1) is 23.7. The number of hydrogen-bond donors (Lipinski definition) is 1. The number of nitrogens with zero attached hydrogens (tertiary/aromatic N) is 2. The molecule has 1 saturated carbocycles. The van der Waals surface area contributed by atoms with E-state index in [2.05, 4.69) is 34.5 Å². The van der Waals surface area contributed by atoms with Gasteiger partial charge in [0.15, 0.2) is 6.61 Å². The Morgan fingerprint density at radius 3 is 2.61 bits per heavy atom. The van der Waals surface area contributed by atoms with E-state index in [9.17, 15) is 13.6 Å². The number of aromatic amines is 1. The molecule has 2 atom stereocenters. The highest BCUT2D eigenvalue weighted by Gasteiger charge is 2.38. The van der Waals surface area contributed by atoms with E-state index in [0.717, 1.165) is 49.8 Å². The number of hydrogen-bond acceptors (Lipinski definition) is 4. The van der Waals surface area contributed by atoms with Gasteiger partial charge in [0.05, 0.1) is 24.9 Å². The first-order valence-electron chi connectivity index (χ1n) is 11.9. The van der Waals surface area contributed by atoms with Gasteiger partial charge in [0.2, 0.25) is 0 Å². The molecule has 2 unspecified atom stereocenters. The fourth-order valence-electron chi connectivity index (χ4n) is 5.30. The van der Waals surface area contributed by atoms with Crippen molar-refractivity contribution in [1.82, 2.24) is 15.1 Å². The average Bonchev–Trinajstić information content (AvgIpc) is 3.27. The summed E-state index contributed by atoms with van der Waals surface area (Å²) < 4.78 is 36.5. The van der Waals surface area contributed by atoms with Gasteiger partial charge in [-0.2, -0.15) is 5.10 Å². The predicted molar refractivity (Wildman–Crippen MR) is 121 cm³/mol. The molecule has 33 heavy (non-hydrogen) atoms. The number of H-pyrrole nitrogens is 1. The van der Waals surface area contributed by atoms with Crippen molar-refractivity contribution in [3.63, 3.8) is 0 Å². The molecular formula is C25H33F2N3O3. The number of aryl methyl sites for hydroxylation is 1. The van der Waals surface area contributed by atoms with Crippen LogP contribution in [-0.2, 0) is 9.47 Å². The zero-order valence-electron chi connectivity index (χ0n) is 19.1. The van der Waals surface area contributed by atoms with E-state index < -0.39 is 19.1 Å². The Balaban J connectivity index is 1.40. The molecule has 2 aromatic rings. The number of rotatable bonds is 7. The van der Waals surface area contributed by atoms with Gasteiger partial charge in [0.25, 0.3) is 6.43 Å². The number of ether oxygens (including phenoxy) is 2. The first-order valence-corrected chi connectivity index (χ1v) is 11.9. The number of amides is 1. The van der Waals surface area contributed by atoms with Crippen LogP contribution >= 0.6 is 0 Å². The number of aromatic nitrogens is 2.